The van der Waals surface area contributed by atoms with Crippen molar-refractivity contribution in [3.05, 3.63) is 63.5 Å². The zero-order chi connectivity index (χ0) is 19.6. The summed E-state index contributed by atoms with van der Waals surface area (Å²) in [5.41, 5.74) is 1.87. The van der Waals surface area contributed by atoms with Gasteiger partial charge < -0.3 is 10.2 Å². The van der Waals surface area contributed by atoms with E-state index in [1.807, 2.05) is 0 Å². The van der Waals surface area contributed by atoms with Crippen molar-refractivity contribution in [2.75, 3.05) is 23.3 Å². The molecule has 0 bridgehead atoms. The van der Waals surface area contributed by atoms with Crippen LogP contribution in [0.5, 0.6) is 0 Å². The van der Waals surface area contributed by atoms with Gasteiger partial charge in [-0.25, -0.2) is 4.39 Å². The van der Waals surface area contributed by atoms with Crippen molar-refractivity contribution in [3.8, 4) is 0 Å². The van der Waals surface area contributed by atoms with Gasteiger partial charge in [0.05, 0.1) is 16.2 Å². The molecule has 142 valence electrons. The van der Waals surface area contributed by atoms with Gasteiger partial charge in [-0.2, -0.15) is 0 Å². The normalized spacial score (nSPS) is 14.9. The average Bonchev–Trinajstić information content (AvgIpc) is 2.64. The number of amides is 1. The molecule has 1 amide bonds. The second-order valence-corrected chi connectivity index (χ2v) is 7.04. The minimum atomic E-state index is -0.512. The highest BCUT2D eigenvalue weighted by Gasteiger charge is 2.24. The number of benzene rings is 2. The first-order valence-corrected chi connectivity index (χ1v) is 8.96. The van der Waals surface area contributed by atoms with E-state index in [0.29, 0.717) is 22.9 Å². The van der Waals surface area contributed by atoms with Gasteiger partial charge in [-0.1, -0.05) is 6.92 Å². The third-order valence-electron chi connectivity index (χ3n) is 5.00. The predicted octanol–water partition coefficient (Wildman–Crippen LogP) is 4.53. The summed E-state index contributed by atoms with van der Waals surface area (Å²) in [5.74, 6) is -0.204. The summed E-state index contributed by atoms with van der Waals surface area (Å²) in [7, 11) is 0. The van der Waals surface area contributed by atoms with Crippen LogP contribution in [-0.2, 0) is 0 Å². The van der Waals surface area contributed by atoms with Crippen LogP contribution in [0.25, 0.3) is 0 Å². The van der Waals surface area contributed by atoms with Crippen LogP contribution >= 0.6 is 0 Å². The molecule has 0 saturated carbocycles. The highest BCUT2D eigenvalue weighted by molar-refractivity contribution is 6.09. The summed E-state index contributed by atoms with van der Waals surface area (Å²) in [6, 6.07) is 8.45. The van der Waals surface area contributed by atoms with Gasteiger partial charge in [0.25, 0.3) is 11.6 Å². The van der Waals surface area contributed by atoms with E-state index in [-0.39, 0.29) is 17.1 Å². The number of carbonyl (C=O) groups excluding carboxylic acids is 1. The van der Waals surface area contributed by atoms with Crippen LogP contribution in [0.15, 0.2) is 36.4 Å². The Hall–Kier alpha value is -2.96. The van der Waals surface area contributed by atoms with E-state index < -0.39 is 10.8 Å². The first-order chi connectivity index (χ1) is 12.8. The Balaban J connectivity index is 1.94. The van der Waals surface area contributed by atoms with Crippen molar-refractivity contribution >= 4 is 23.0 Å². The molecule has 0 aromatic heterocycles. The van der Waals surface area contributed by atoms with E-state index in [1.54, 1.807) is 13.0 Å². The molecule has 0 radical (unpaired) electrons. The van der Waals surface area contributed by atoms with Gasteiger partial charge in [0.1, 0.15) is 5.82 Å². The van der Waals surface area contributed by atoms with Crippen molar-refractivity contribution < 1.29 is 14.1 Å². The van der Waals surface area contributed by atoms with E-state index in [1.165, 1.54) is 30.3 Å². The summed E-state index contributed by atoms with van der Waals surface area (Å²) in [5, 5.41) is 13.9. The Morgan fingerprint density at radius 1 is 1.22 bits per heavy atom. The topological polar surface area (TPSA) is 75.5 Å². The molecule has 1 aliphatic rings. The summed E-state index contributed by atoms with van der Waals surface area (Å²) in [4.78, 5) is 25.7. The number of halogens is 1. The Morgan fingerprint density at radius 2 is 1.93 bits per heavy atom. The fourth-order valence-electron chi connectivity index (χ4n) is 3.30. The Bertz CT molecular complexity index is 877. The average molecular weight is 371 g/mol. The predicted molar refractivity (Wildman–Crippen MR) is 103 cm³/mol. The Labute approximate surface area is 157 Å². The van der Waals surface area contributed by atoms with E-state index >= 15 is 0 Å². The molecule has 0 spiro atoms. The lowest BCUT2D eigenvalue weighted by Gasteiger charge is -2.33. The second kappa shape index (κ2) is 7.73. The summed E-state index contributed by atoms with van der Waals surface area (Å²) < 4.78 is 13.3. The fourth-order valence-corrected chi connectivity index (χ4v) is 3.30. The van der Waals surface area contributed by atoms with Crippen LogP contribution in [0.4, 0.5) is 21.5 Å². The number of piperidine rings is 1. The summed E-state index contributed by atoms with van der Waals surface area (Å²) in [6.07, 6.45) is 2.02. The molecule has 0 unspecified atom stereocenters. The van der Waals surface area contributed by atoms with E-state index in [9.17, 15) is 19.3 Å². The van der Waals surface area contributed by atoms with Crippen molar-refractivity contribution in [2.24, 2.45) is 5.92 Å². The standard InChI is InChI=1S/C20H22FN3O3/c1-13-7-9-23(10-8-13)19-6-4-16(24(26)27)12-17(19)20(25)22-18-5-3-15(21)11-14(18)2/h3-6,11-13H,7-10H2,1-2H3,(H,22,25). The summed E-state index contributed by atoms with van der Waals surface area (Å²) >= 11 is 0. The number of nitro groups is 1. The third kappa shape index (κ3) is 4.24. The van der Waals surface area contributed by atoms with Crippen molar-refractivity contribution in [2.45, 2.75) is 26.7 Å². The molecule has 1 heterocycles. The van der Waals surface area contributed by atoms with Gasteiger partial charge in [0.2, 0.25) is 0 Å². The molecular weight excluding hydrogens is 349 g/mol. The van der Waals surface area contributed by atoms with Gasteiger partial charge in [0.15, 0.2) is 0 Å². The minimum Gasteiger partial charge on any atom is -0.371 e. The Morgan fingerprint density at radius 3 is 2.56 bits per heavy atom. The number of hydrogen-bond acceptors (Lipinski definition) is 4. The Kier molecular flexibility index (Phi) is 5.39. The summed E-state index contributed by atoms with van der Waals surface area (Å²) in [6.45, 7) is 5.49. The molecule has 0 atom stereocenters. The first kappa shape index (κ1) is 18.8. The monoisotopic (exact) mass is 371 g/mol. The maximum atomic E-state index is 13.3. The quantitative estimate of drug-likeness (QED) is 0.633. The largest absolute Gasteiger partial charge is 0.371 e. The number of aryl methyl sites for hydroxylation is 1. The number of nitrogens with zero attached hydrogens (tertiary/aromatic N) is 2. The number of hydrogen-bond donors (Lipinski definition) is 1. The third-order valence-corrected chi connectivity index (χ3v) is 5.00. The lowest BCUT2D eigenvalue weighted by molar-refractivity contribution is -0.384. The van der Waals surface area contributed by atoms with Gasteiger partial charge >= 0.3 is 0 Å². The first-order valence-electron chi connectivity index (χ1n) is 8.96. The van der Waals surface area contributed by atoms with Gasteiger partial charge in [-0.15, -0.1) is 0 Å². The van der Waals surface area contributed by atoms with Gasteiger partial charge in [0, 0.05) is 30.9 Å². The van der Waals surface area contributed by atoms with Gasteiger partial charge in [-0.05, 0) is 55.5 Å². The molecule has 2 aromatic rings. The molecule has 1 aliphatic heterocycles. The maximum absolute atomic E-state index is 13.3. The van der Waals surface area contributed by atoms with Crippen LogP contribution in [-0.4, -0.2) is 23.9 Å². The van der Waals surface area contributed by atoms with E-state index in [0.717, 1.165) is 25.9 Å². The van der Waals surface area contributed by atoms with Crippen molar-refractivity contribution in [1.82, 2.24) is 0 Å². The molecule has 27 heavy (non-hydrogen) atoms. The lowest BCUT2D eigenvalue weighted by atomic mass is 9.97. The molecule has 2 aromatic carbocycles. The van der Waals surface area contributed by atoms with Crippen LogP contribution in [0.1, 0.15) is 35.7 Å². The number of nitro benzene ring substituents is 1. The highest BCUT2D eigenvalue weighted by atomic mass is 19.1. The molecule has 0 aliphatic carbocycles. The maximum Gasteiger partial charge on any atom is 0.270 e. The molecule has 1 fully saturated rings. The number of non-ortho nitro benzene ring substituents is 1. The SMILES string of the molecule is Cc1cc(F)ccc1NC(=O)c1cc([N+](=O)[O-])ccc1N1CCC(C)CC1. The number of anilines is 2. The zero-order valence-electron chi connectivity index (χ0n) is 15.4. The fraction of sp³-hybridized carbons (Fsp3) is 0.350. The molecule has 1 N–H and O–H groups in total. The molecule has 7 heteroatoms. The smallest absolute Gasteiger partial charge is 0.270 e. The molecule has 3 rings (SSSR count). The number of nitrogens with one attached hydrogen (secondary N) is 1. The van der Waals surface area contributed by atoms with Crippen molar-refractivity contribution in [3.63, 3.8) is 0 Å². The van der Waals surface area contributed by atoms with Crippen LogP contribution in [0, 0.1) is 28.8 Å². The van der Waals surface area contributed by atoms with Crippen molar-refractivity contribution in [1.29, 1.82) is 0 Å². The number of rotatable bonds is 4. The highest BCUT2D eigenvalue weighted by Crippen LogP contribution is 2.30. The van der Waals surface area contributed by atoms with E-state index in [4.69, 9.17) is 0 Å². The van der Waals surface area contributed by atoms with Crippen LogP contribution < -0.4 is 10.2 Å². The van der Waals surface area contributed by atoms with E-state index in [2.05, 4.69) is 17.1 Å². The molecule has 1 saturated heterocycles. The second-order valence-electron chi connectivity index (χ2n) is 7.04. The minimum absolute atomic E-state index is 0.134. The van der Waals surface area contributed by atoms with Crippen LogP contribution in [0.3, 0.4) is 0 Å². The molecular formula is C20H22FN3O3. The van der Waals surface area contributed by atoms with Crippen LogP contribution in [0.2, 0.25) is 0 Å². The van der Waals surface area contributed by atoms with Gasteiger partial charge in [-0.3, -0.25) is 14.9 Å². The number of carbonyl (C=O) groups is 1. The molecule has 6 nitrogen and oxygen atoms in total. The lowest BCUT2D eigenvalue weighted by Crippen LogP contribution is -2.34. The zero-order valence-corrected chi connectivity index (χ0v) is 15.4.